The summed E-state index contributed by atoms with van der Waals surface area (Å²) in [5.41, 5.74) is 0. The van der Waals surface area contributed by atoms with E-state index < -0.39 is 97.5 Å². The van der Waals surface area contributed by atoms with Crippen molar-refractivity contribution < 1.29 is 80.2 Å². The van der Waals surface area contributed by atoms with Crippen molar-refractivity contribution in [2.75, 3.05) is 39.6 Å². The highest BCUT2D eigenvalue weighted by molar-refractivity contribution is 7.47. The standard InChI is InChI=1S/C81H146O17P2/c1-5-9-13-17-21-25-29-33-35-36-37-38-40-43-46-50-54-58-62-66-79(84)92-72-77(98-81(86)68-64-60-56-52-48-44-39-34-30-26-22-18-14-10-6-2)74-96-100(89,90)94-70-75(82)69-93-99(87,88)95-73-76(97-80(85)67-63-59-55-51-47-42-32-28-24-20-16-12-8-4)71-91-78(83)65-61-57-53-49-45-41-31-27-23-19-15-11-7-3/h9,13,21,25,33,35,37-38,43,46,54,58,75-77,82H,5-8,10-12,14-20,22-24,26-32,34,36,39-42,44-45,47-53,55-57,59-74H2,1-4H3,(H,87,88)(H,89,90)/b13-9-,25-21-,35-33-,38-37-,46-43-,58-54-/t75-,76+,77+/m0/s1. The number of rotatable bonds is 76. The summed E-state index contributed by atoms with van der Waals surface area (Å²) < 4.78 is 68.5. The molecule has 0 aliphatic carbocycles. The number of phosphoric acid groups is 2. The van der Waals surface area contributed by atoms with Crippen LogP contribution < -0.4 is 0 Å². The Labute approximate surface area is 609 Å². The lowest BCUT2D eigenvalue weighted by Gasteiger charge is -2.21. The predicted molar refractivity (Wildman–Crippen MR) is 409 cm³/mol. The Morgan fingerprint density at radius 1 is 0.290 bits per heavy atom. The fourth-order valence-corrected chi connectivity index (χ4v) is 12.7. The third kappa shape index (κ3) is 72.8. The van der Waals surface area contributed by atoms with E-state index in [-0.39, 0.29) is 25.7 Å². The van der Waals surface area contributed by atoms with Crippen molar-refractivity contribution in [1.82, 2.24) is 0 Å². The van der Waals surface area contributed by atoms with Gasteiger partial charge in [0.2, 0.25) is 0 Å². The molecule has 5 atom stereocenters. The van der Waals surface area contributed by atoms with Gasteiger partial charge in [0, 0.05) is 25.7 Å². The van der Waals surface area contributed by atoms with Crippen LogP contribution in [0.2, 0.25) is 0 Å². The van der Waals surface area contributed by atoms with Crippen molar-refractivity contribution in [2.24, 2.45) is 0 Å². The molecule has 0 aliphatic heterocycles. The number of carbonyl (C=O) groups is 4. The van der Waals surface area contributed by atoms with Crippen LogP contribution in [0, 0.1) is 0 Å². The Bertz CT molecular complexity index is 2180. The molecule has 0 rings (SSSR count). The van der Waals surface area contributed by atoms with Crippen LogP contribution in [0.4, 0.5) is 0 Å². The van der Waals surface area contributed by atoms with Crippen LogP contribution in [0.1, 0.15) is 362 Å². The molecule has 582 valence electrons. The maximum atomic E-state index is 13.1. The minimum absolute atomic E-state index is 0.0405. The van der Waals surface area contributed by atoms with Crippen LogP contribution in [0.15, 0.2) is 72.9 Å². The number of aliphatic hydroxyl groups excluding tert-OH is 1. The zero-order valence-electron chi connectivity index (χ0n) is 63.6. The number of allylic oxidation sites excluding steroid dienone is 12. The molecule has 0 saturated heterocycles. The van der Waals surface area contributed by atoms with E-state index in [0.717, 1.165) is 103 Å². The molecule has 0 aromatic carbocycles. The van der Waals surface area contributed by atoms with Crippen LogP contribution in [0.5, 0.6) is 0 Å². The zero-order chi connectivity index (χ0) is 73.2. The first-order valence-corrected chi connectivity index (χ1v) is 43.2. The van der Waals surface area contributed by atoms with Gasteiger partial charge >= 0.3 is 39.5 Å². The maximum absolute atomic E-state index is 13.1. The molecule has 0 fully saturated rings. The highest BCUT2D eigenvalue weighted by Crippen LogP contribution is 2.45. The van der Waals surface area contributed by atoms with E-state index in [9.17, 15) is 43.2 Å². The maximum Gasteiger partial charge on any atom is 0.472 e. The smallest absolute Gasteiger partial charge is 0.462 e. The monoisotopic (exact) mass is 1450 g/mol. The topological polar surface area (TPSA) is 237 Å². The summed E-state index contributed by atoms with van der Waals surface area (Å²) in [7, 11) is -9.95. The van der Waals surface area contributed by atoms with E-state index in [1.807, 2.05) is 12.2 Å². The molecule has 19 heteroatoms. The molecular weight excluding hydrogens is 1310 g/mol. The van der Waals surface area contributed by atoms with E-state index in [1.165, 1.54) is 173 Å². The fourth-order valence-electron chi connectivity index (χ4n) is 11.1. The molecular formula is C81H146O17P2. The van der Waals surface area contributed by atoms with E-state index in [2.05, 4.69) is 88.5 Å². The van der Waals surface area contributed by atoms with Gasteiger partial charge in [-0.3, -0.25) is 37.3 Å². The van der Waals surface area contributed by atoms with Gasteiger partial charge in [-0.25, -0.2) is 9.13 Å². The molecule has 0 saturated carbocycles. The summed E-state index contributed by atoms with van der Waals surface area (Å²) in [5.74, 6) is -2.23. The van der Waals surface area contributed by atoms with Gasteiger partial charge in [0.25, 0.3) is 0 Å². The highest BCUT2D eigenvalue weighted by atomic mass is 31.2. The molecule has 0 heterocycles. The van der Waals surface area contributed by atoms with Gasteiger partial charge in [0.15, 0.2) is 12.2 Å². The van der Waals surface area contributed by atoms with Crippen LogP contribution in [-0.4, -0.2) is 96.7 Å². The van der Waals surface area contributed by atoms with Crippen molar-refractivity contribution in [2.45, 2.75) is 380 Å². The first-order valence-electron chi connectivity index (χ1n) is 40.2. The van der Waals surface area contributed by atoms with Crippen molar-refractivity contribution in [1.29, 1.82) is 0 Å². The molecule has 100 heavy (non-hydrogen) atoms. The molecule has 0 amide bonds. The van der Waals surface area contributed by atoms with E-state index in [4.69, 9.17) is 37.0 Å². The lowest BCUT2D eigenvalue weighted by atomic mass is 10.0. The molecule has 17 nitrogen and oxygen atoms in total. The van der Waals surface area contributed by atoms with Crippen molar-refractivity contribution in [3.63, 3.8) is 0 Å². The second-order valence-corrected chi connectivity index (χ2v) is 29.9. The van der Waals surface area contributed by atoms with Gasteiger partial charge in [-0.05, 0) is 64.2 Å². The average Bonchev–Trinajstić information content (AvgIpc) is 0.946. The van der Waals surface area contributed by atoms with Crippen LogP contribution >= 0.6 is 15.6 Å². The first kappa shape index (κ1) is 96.5. The number of unbranched alkanes of at least 4 members (excludes halogenated alkanes) is 38. The second-order valence-electron chi connectivity index (χ2n) is 27.0. The van der Waals surface area contributed by atoms with Gasteiger partial charge in [-0.15, -0.1) is 0 Å². The minimum atomic E-state index is -4.98. The lowest BCUT2D eigenvalue weighted by molar-refractivity contribution is -0.161. The molecule has 0 aromatic heterocycles. The van der Waals surface area contributed by atoms with Gasteiger partial charge in [0.1, 0.15) is 19.3 Å². The molecule has 0 spiro atoms. The molecule has 0 aliphatic rings. The summed E-state index contributed by atoms with van der Waals surface area (Å²) in [5, 5.41) is 10.6. The normalized spacial score (nSPS) is 14.3. The van der Waals surface area contributed by atoms with Crippen LogP contribution in [0.3, 0.4) is 0 Å². The summed E-state index contributed by atoms with van der Waals surface area (Å²) >= 11 is 0. The highest BCUT2D eigenvalue weighted by Gasteiger charge is 2.30. The summed E-state index contributed by atoms with van der Waals surface area (Å²) in [6, 6.07) is 0. The number of carbonyl (C=O) groups excluding carboxylic acids is 4. The van der Waals surface area contributed by atoms with Crippen LogP contribution in [0.25, 0.3) is 0 Å². The zero-order valence-corrected chi connectivity index (χ0v) is 65.4. The summed E-state index contributed by atoms with van der Waals surface area (Å²) in [4.78, 5) is 72.9. The average molecular weight is 1450 g/mol. The van der Waals surface area contributed by atoms with Crippen molar-refractivity contribution >= 4 is 39.5 Å². The van der Waals surface area contributed by atoms with Gasteiger partial charge in [-0.2, -0.15) is 0 Å². The number of ether oxygens (including phenoxy) is 4. The van der Waals surface area contributed by atoms with Crippen molar-refractivity contribution in [3.8, 4) is 0 Å². The Morgan fingerprint density at radius 2 is 0.520 bits per heavy atom. The minimum Gasteiger partial charge on any atom is -0.462 e. The molecule has 0 bridgehead atoms. The Balaban J connectivity index is 5.37. The third-order valence-corrected chi connectivity index (χ3v) is 19.1. The molecule has 0 radical (unpaired) electrons. The Hall–Kier alpha value is -3.50. The number of hydrogen-bond acceptors (Lipinski definition) is 15. The molecule has 2 unspecified atom stereocenters. The lowest BCUT2D eigenvalue weighted by Crippen LogP contribution is -2.30. The van der Waals surface area contributed by atoms with E-state index in [1.54, 1.807) is 0 Å². The number of phosphoric ester groups is 2. The fraction of sp³-hybridized carbons (Fsp3) is 0.802. The number of esters is 4. The Kier molecular flexibility index (Phi) is 71.2. The summed E-state index contributed by atoms with van der Waals surface area (Å²) in [6.07, 6.45) is 74.6. The molecule has 3 N–H and O–H groups in total. The second kappa shape index (κ2) is 73.8. The first-order chi connectivity index (χ1) is 48.7. The van der Waals surface area contributed by atoms with Gasteiger partial charge < -0.3 is 33.8 Å². The van der Waals surface area contributed by atoms with E-state index >= 15 is 0 Å². The quantitative estimate of drug-likeness (QED) is 0.0169. The summed E-state index contributed by atoms with van der Waals surface area (Å²) in [6.45, 7) is 4.75. The predicted octanol–water partition coefficient (Wildman–Crippen LogP) is 23.2. The van der Waals surface area contributed by atoms with Gasteiger partial charge in [-0.1, -0.05) is 345 Å². The molecule has 0 aromatic rings. The van der Waals surface area contributed by atoms with Crippen molar-refractivity contribution in [3.05, 3.63) is 72.9 Å². The third-order valence-electron chi connectivity index (χ3n) is 17.2. The SMILES string of the molecule is CC/C=C\C/C=C\C/C=C\C/C=C\C/C=C\C/C=C\CCC(=O)OC[C@H](COP(=O)(O)OC[C@@H](O)COP(=O)(O)OC[C@@H](COC(=O)CCCCCCCCCCCCCCC)OC(=O)CCCCCCCCCCCCCCC)OC(=O)CCCCCCCCCCCCCCCCC. The van der Waals surface area contributed by atoms with E-state index in [0.29, 0.717) is 32.1 Å². The largest absolute Gasteiger partial charge is 0.472 e. The Morgan fingerprint density at radius 3 is 0.800 bits per heavy atom. The number of hydrogen-bond donors (Lipinski definition) is 3. The van der Waals surface area contributed by atoms with Gasteiger partial charge in [0.05, 0.1) is 26.4 Å². The van der Waals surface area contributed by atoms with Crippen LogP contribution in [-0.2, 0) is 65.4 Å². The number of aliphatic hydroxyl groups is 1.